The molecule has 0 saturated heterocycles. The van der Waals surface area contributed by atoms with Crippen molar-refractivity contribution in [3.63, 3.8) is 0 Å². The highest BCUT2D eigenvalue weighted by Gasteiger charge is 2.15. The molecule has 4 atom stereocenters. The van der Waals surface area contributed by atoms with Crippen LogP contribution in [-0.2, 0) is 23.7 Å². The Labute approximate surface area is 135 Å². The smallest absolute Gasteiger partial charge is 0.154 e. The zero-order valence-electron chi connectivity index (χ0n) is 14.7. The van der Waals surface area contributed by atoms with Gasteiger partial charge in [-0.3, -0.25) is 0 Å². The zero-order chi connectivity index (χ0) is 16.8. The molecule has 0 saturated carbocycles. The average Bonchev–Trinajstić information content (AvgIpc) is 2.50. The van der Waals surface area contributed by atoms with Crippen LogP contribution in [-0.4, -0.2) is 63.4 Å². The number of rotatable bonds is 15. The molecule has 0 heterocycles. The van der Waals surface area contributed by atoms with E-state index in [-0.39, 0.29) is 31.2 Å². The number of aliphatic hydroxyl groups is 1. The maximum atomic E-state index is 9.35. The minimum atomic E-state index is -0.346. The van der Waals surface area contributed by atoms with E-state index in [1.807, 2.05) is 27.7 Å². The van der Waals surface area contributed by atoms with Crippen LogP contribution in [0.5, 0.6) is 0 Å². The van der Waals surface area contributed by atoms with Crippen molar-refractivity contribution >= 4 is 0 Å². The lowest BCUT2D eigenvalue weighted by atomic mass is 10.1. The molecule has 134 valence electrons. The predicted octanol–water partition coefficient (Wildman–Crippen LogP) is 2.19. The molecule has 0 aromatic heterocycles. The second-order valence-electron chi connectivity index (χ2n) is 5.12. The maximum Gasteiger partial charge on any atom is 0.154 e. The lowest BCUT2D eigenvalue weighted by Gasteiger charge is -2.23. The Balaban J connectivity index is 3.95. The lowest BCUT2D eigenvalue weighted by Crippen LogP contribution is -2.30. The molecule has 1 N–H and O–H groups in total. The monoisotopic (exact) mass is 322 g/mol. The van der Waals surface area contributed by atoms with Gasteiger partial charge in [0.2, 0.25) is 0 Å². The molecular weight excluding hydrogens is 288 g/mol. The van der Waals surface area contributed by atoms with E-state index in [1.54, 1.807) is 0 Å². The van der Waals surface area contributed by atoms with Crippen molar-refractivity contribution in [2.45, 2.75) is 59.7 Å². The molecule has 0 aliphatic heterocycles. The predicted molar refractivity (Wildman–Crippen MR) is 84.7 cm³/mol. The highest BCUT2D eigenvalue weighted by atomic mass is 16.7. The number of hydrogen-bond acceptors (Lipinski definition) is 6. The van der Waals surface area contributed by atoms with Gasteiger partial charge in [0, 0.05) is 19.1 Å². The molecule has 0 aromatic rings. The summed E-state index contributed by atoms with van der Waals surface area (Å²) in [7, 11) is 0. The Morgan fingerprint density at radius 3 is 1.68 bits per heavy atom. The summed E-state index contributed by atoms with van der Waals surface area (Å²) >= 11 is 0. The van der Waals surface area contributed by atoms with E-state index in [4.69, 9.17) is 23.7 Å². The Morgan fingerprint density at radius 2 is 1.23 bits per heavy atom. The van der Waals surface area contributed by atoms with Gasteiger partial charge in [0.05, 0.1) is 26.4 Å². The van der Waals surface area contributed by atoms with E-state index in [0.717, 1.165) is 6.42 Å². The summed E-state index contributed by atoms with van der Waals surface area (Å²) in [4.78, 5) is 0. The van der Waals surface area contributed by atoms with Crippen LogP contribution in [0, 0.1) is 5.92 Å². The summed E-state index contributed by atoms with van der Waals surface area (Å²) < 4.78 is 27.4. The summed E-state index contributed by atoms with van der Waals surface area (Å²) in [6, 6.07) is 0. The van der Waals surface area contributed by atoms with E-state index in [1.165, 1.54) is 0 Å². The molecule has 4 unspecified atom stereocenters. The molecule has 0 aliphatic carbocycles. The highest BCUT2D eigenvalue weighted by molar-refractivity contribution is 4.60. The number of aliphatic hydroxyl groups excluding tert-OH is 1. The third kappa shape index (κ3) is 11.3. The van der Waals surface area contributed by atoms with Gasteiger partial charge in [-0.15, -0.1) is 0 Å². The average molecular weight is 322 g/mol. The lowest BCUT2D eigenvalue weighted by molar-refractivity contribution is -0.163. The first kappa shape index (κ1) is 21.8. The summed E-state index contributed by atoms with van der Waals surface area (Å²) in [5.74, 6) is 0.265. The summed E-state index contributed by atoms with van der Waals surface area (Å²) in [6.07, 6.45) is 0.0945. The molecule has 0 radical (unpaired) electrons. The first-order valence-electron chi connectivity index (χ1n) is 8.26. The van der Waals surface area contributed by atoms with E-state index in [2.05, 4.69) is 6.92 Å². The van der Waals surface area contributed by atoms with Crippen LogP contribution >= 0.6 is 0 Å². The van der Waals surface area contributed by atoms with Gasteiger partial charge in [-0.25, -0.2) is 0 Å². The molecule has 0 bridgehead atoms. The summed E-state index contributed by atoms with van der Waals surface area (Å²) in [6.45, 7) is 12.2. The van der Waals surface area contributed by atoms with Crippen molar-refractivity contribution in [2.24, 2.45) is 5.92 Å². The van der Waals surface area contributed by atoms with Crippen molar-refractivity contribution in [2.75, 3.05) is 39.6 Å². The van der Waals surface area contributed by atoms with Crippen LogP contribution in [0.25, 0.3) is 0 Å². The number of ether oxygens (including phenoxy) is 5. The van der Waals surface area contributed by atoms with Crippen LogP contribution in [0.15, 0.2) is 0 Å². The van der Waals surface area contributed by atoms with Crippen molar-refractivity contribution in [1.29, 1.82) is 0 Å². The van der Waals surface area contributed by atoms with Crippen molar-refractivity contribution in [3.8, 4) is 0 Å². The fourth-order valence-electron chi connectivity index (χ4n) is 1.79. The fraction of sp³-hybridized carbons (Fsp3) is 1.00. The first-order chi connectivity index (χ1) is 10.6. The van der Waals surface area contributed by atoms with Gasteiger partial charge < -0.3 is 28.8 Å². The molecular formula is C16H34O6. The highest BCUT2D eigenvalue weighted by Crippen LogP contribution is 2.09. The van der Waals surface area contributed by atoms with Gasteiger partial charge in [-0.1, -0.05) is 6.92 Å². The van der Waals surface area contributed by atoms with Crippen molar-refractivity contribution in [1.82, 2.24) is 0 Å². The second kappa shape index (κ2) is 14.4. The van der Waals surface area contributed by atoms with Gasteiger partial charge in [0.1, 0.15) is 6.10 Å². The zero-order valence-corrected chi connectivity index (χ0v) is 14.7. The quantitative estimate of drug-likeness (QED) is 0.466. The molecule has 6 nitrogen and oxygen atoms in total. The van der Waals surface area contributed by atoms with Crippen LogP contribution < -0.4 is 0 Å². The Hall–Kier alpha value is -0.240. The largest absolute Gasteiger partial charge is 0.394 e. The van der Waals surface area contributed by atoms with E-state index < -0.39 is 0 Å². The van der Waals surface area contributed by atoms with Gasteiger partial charge in [0.15, 0.2) is 12.6 Å². The van der Waals surface area contributed by atoms with E-state index in [0.29, 0.717) is 33.0 Å². The molecule has 0 amide bonds. The van der Waals surface area contributed by atoms with Gasteiger partial charge in [0.25, 0.3) is 0 Å². The van der Waals surface area contributed by atoms with Crippen molar-refractivity contribution < 1.29 is 28.8 Å². The Kier molecular flexibility index (Phi) is 14.2. The Morgan fingerprint density at radius 1 is 0.727 bits per heavy atom. The van der Waals surface area contributed by atoms with Crippen LogP contribution in [0.1, 0.15) is 41.0 Å². The van der Waals surface area contributed by atoms with Crippen molar-refractivity contribution in [3.05, 3.63) is 0 Å². The second-order valence-corrected chi connectivity index (χ2v) is 5.12. The van der Waals surface area contributed by atoms with E-state index in [9.17, 15) is 5.11 Å². The van der Waals surface area contributed by atoms with Gasteiger partial charge >= 0.3 is 0 Å². The van der Waals surface area contributed by atoms with Gasteiger partial charge in [-0.2, -0.15) is 0 Å². The molecule has 6 heteroatoms. The van der Waals surface area contributed by atoms with Gasteiger partial charge in [-0.05, 0) is 34.1 Å². The third-order valence-corrected chi connectivity index (χ3v) is 3.23. The molecule has 0 rings (SSSR count). The molecule has 0 aromatic carbocycles. The van der Waals surface area contributed by atoms with E-state index >= 15 is 0 Å². The summed E-state index contributed by atoms with van der Waals surface area (Å²) in [5.41, 5.74) is 0. The molecule has 0 aliphatic rings. The standard InChI is InChI=1S/C16H34O6/c1-6-15(10-20-13(4)18-7-2)11-22-16(9-17)12-21-14(5)19-8-3/h13-17H,6-12H2,1-5H3. The fourth-order valence-corrected chi connectivity index (χ4v) is 1.79. The third-order valence-electron chi connectivity index (χ3n) is 3.23. The van der Waals surface area contributed by atoms with Crippen LogP contribution in [0.3, 0.4) is 0 Å². The van der Waals surface area contributed by atoms with Crippen LogP contribution in [0.2, 0.25) is 0 Å². The first-order valence-corrected chi connectivity index (χ1v) is 8.26. The SMILES string of the molecule is CCOC(C)OCC(CC)COC(CO)COC(C)OCC. The normalized spacial score (nSPS) is 17.2. The molecule has 22 heavy (non-hydrogen) atoms. The maximum absolute atomic E-state index is 9.35. The summed E-state index contributed by atoms with van der Waals surface area (Å²) in [5, 5.41) is 9.35. The minimum Gasteiger partial charge on any atom is -0.394 e. The number of hydrogen-bond donors (Lipinski definition) is 1. The Bertz CT molecular complexity index is 215. The minimum absolute atomic E-state index is 0.0779. The molecule has 0 fully saturated rings. The topological polar surface area (TPSA) is 66.4 Å². The van der Waals surface area contributed by atoms with Crippen LogP contribution in [0.4, 0.5) is 0 Å². The molecule has 0 spiro atoms.